The average molecular weight is 562 g/mol. The number of hydrogen-bond acceptors (Lipinski definition) is 3. The normalized spacial score (nSPS) is 11.9. The van der Waals surface area contributed by atoms with E-state index in [-0.39, 0.29) is 41.6 Å². The third-order valence-corrected chi connectivity index (χ3v) is 5.81. The third kappa shape index (κ3) is 9.53. The van der Waals surface area contributed by atoms with Gasteiger partial charge in [0.2, 0.25) is 10.0 Å². The summed E-state index contributed by atoms with van der Waals surface area (Å²) in [6.45, 7) is 7.08. The Balaban J connectivity index is 0.00000480. The molecule has 0 radical (unpaired) electrons. The second-order valence-corrected chi connectivity index (χ2v) is 9.21. The summed E-state index contributed by atoms with van der Waals surface area (Å²) in [5.41, 5.74) is 2.41. The van der Waals surface area contributed by atoms with Gasteiger partial charge in [0, 0.05) is 26.2 Å². The molecule has 0 saturated carbocycles. The molecule has 0 aliphatic rings. The summed E-state index contributed by atoms with van der Waals surface area (Å²) in [7, 11) is -1.54. The van der Waals surface area contributed by atoms with Crippen molar-refractivity contribution >= 4 is 40.0 Å². The van der Waals surface area contributed by atoms with Gasteiger partial charge in [-0.1, -0.05) is 36.4 Å². The van der Waals surface area contributed by atoms with Gasteiger partial charge < -0.3 is 10.2 Å². The molecule has 0 fully saturated rings. The lowest BCUT2D eigenvalue weighted by Gasteiger charge is -2.22. The van der Waals surface area contributed by atoms with Gasteiger partial charge in [-0.15, -0.1) is 24.0 Å². The van der Waals surface area contributed by atoms with Crippen LogP contribution in [0.1, 0.15) is 37.5 Å². The summed E-state index contributed by atoms with van der Waals surface area (Å²) in [5, 5.41) is 3.23. The molecule has 0 atom stereocenters. The zero-order valence-corrected chi connectivity index (χ0v) is 21.6. The summed E-state index contributed by atoms with van der Waals surface area (Å²) in [6, 6.07) is 13.7. The first-order valence-electron chi connectivity index (χ1n) is 10.0. The largest absolute Gasteiger partial charge is 0.357 e. The van der Waals surface area contributed by atoms with E-state index in [1.807, 2.05) is 49.2 Å². The van der Waals surface area contributed by atoms with Gasteiger partial charge in [-0.25, -0.2) is 22.5 Å². The van der Waals surface area contributed by atoms with E-state index in [1.54, 1.807) is 19.9 Å². The molecule has 9 heteroatoms. The molecule has 2 aromatic rings. The van der Waals surface area contributed by atoms with Crippen molar-refractivity contribution in [2.75, 3.05) is 13.6 Å². The summed E-state index contributed by atoms with van der Waals surface area (Å²) in [5.74, 6) is 0.305. The Morgan fingerprint density at radius 2 is 1.81 bits per heavy atom. The van der Waals surface area contributed by atoms with Crippen LogP contribution in [-0.4, -0.2) is 38.9 Å². The van der Waals surface area contributed by atoms with Crippen molar-refractivity contribution in [2.45, 2.75) is 45.7 Å². The number of rotatable bonds is 9. The molecule has 6 nitrogen and oxygen atoms in total. The fourth-order valence-corrected chi connectivity index (χ4v) is 4.56. The van der Waals surface area contributed by atoms with Gasteiger partial charge in [-0.3, -0.25) is 0 Å². The van der Waals surface area contributed by atoms with Crippen LogP contribution in [0.2, 0.25) is 0 Å². The van der Waals surface area contributed by atoms with E-state index in [2.05, 4.69) is 15.0 Å². The lowest BCUT2D eigenvalue weighted by molar-refractivity contribution is 0.474. The van der Waals surface area contributed by atoms with Crippen LogP contribution >= 0.6 is 24.0 Å². The van der Waals surface area contributed by atoms with Gasteiger partial charge in [0.1, 0.15) is 5.82 Å². The van der Waals surface area contributed by atoms with Gasteiger partial charge in [0.15, 0.2) is 5.96 Å². The molecule has 2 rings (SSSR count). The molecule has 31 heavy (non-hydrogen) atoms. The summed E-state index contributed by atoms with van der Waals surface area (Å²) in [4.78, 5) is 6.59. The molecule has 0 aromatic heterocycles. The fraction of sp³-hybridized carbons (Fsp3) is 0.409. The van der Waals surface area contributed by atoms with E-state index in [4.69, 9.17) is 0 Å². The topological polar surface area (TPSA) is 73.8 Å². The van der Waals surface area contributed by atoms with Crippen LogP contribution in [-0.2, 0) is 28.9 Å². The first kappa shape index (κ1) is 27.3. The van der Waals surface area contributed by atoms with Gasteiger partial charge in [0.25, 0.3) is 0 Å². The van der Waals surface area contributed by atoms with Crippen molar-refractivity contribution in [3.8, 4) is 0 Å². The Morgan fingerprint density at radius 3 is 2.42 bits per heavy atom. The van der Waals surface area contributed by atoms with Gasteiger partial charge in [-0.2, -0.15) is 0 Å². The van der Waals surface area contributed by atoms with Crippen LogP contribution in [0.15, 0.2) is 53.5 Å². The Labute approximate surface area is 202 Å². The first-order chi connectivity index (χ1) is 14.2. The SMILES string of the molecule is CCNC(=NCc1ccccc1CS(=O)(=O)NC(C)C)N(C)Cc1cccc(F)c1.I. The molecule has 0 heterocycles. The molecule has 2 N–H and O–H groups in total. The predicted molar refractivity (Wildman–Crippen MR) is 135 cm³/mol. The Morgan fingerprint density at radius 1 is 1.13 bits per heavy atom. The molecular formula is C22H32FIN4O2S. The highest BCUT2D eigenvalue weighted by atomic mass is 127. The number of guanidine groups is 1. The van der Waals surface area contributed by atoms with Crippen LogP contribution in [0.25, 0.3) is 0 Å². The monoisotopic (exact) mass is 562 g/mol. The van der Waals surface area contributed by atoms with E-state index in [9.17, 15) is 12.8 Å². The molecule has 0 amide bonds. The van der Waals surface area contributed by atoms with Crippen LogP contribution in [0.4, 0.5) is 4.39 Å². The van der Waals surface area contributed by atoms with Crippen molar-refractivity contribution in [1.29, 1.82) is 0 Å². The third-order valence-electron chi connectivity index (χ3n) is 4.28. The number of nitrogens with one attached hydrogen (secondary N) is 2. The van der Waals surface area contributed by atoms with Crippen molar-refractivity contribution in [1.82, 2.24) is 14.9 Å². The molecule has 2 aromatic carbocycles. The molecule has 0 aliphatic heterocycles. The van der Waals surface area contributed by atoms with E-state index in [0.717, 1.165) is 16.7 Å². The van der Waals surface area contributed by atoms with E-state index in [1.165, 1.54) is 12.1 Å². The number of nitrogens with zero attached hydrogens (tertiary/aromatic N) is 2. The highest BCUT2D eigenvalue weighted by Crippen LogP contribution is 2.14. The number of aliphatic imine (C=N–C) groups is 1. The highest BCUT2D eigenvalue weighted by Gasteiger charge is 2.15. The van der Waals surface area contributed by atoms with Crippen LogP contribution in [0.3, 0.4) is 0 Å². The van der Waals surface area contributed by atoms with Crippen LogP contribution < -0.4 is 10.0 Å². The lowest BCUT2D eigenvalue weighted by Crippen LogP contribution is -2.38. The van der Waals surface area contributed by atoms with Crippen molar-refractivity contribution in [3.05, 3.63) is 71.0 Å². The zero-order chi connectivity index (χ0) is 22.1. The van der Waals surface area contributed by atoms with Gasteiger partial charge >= 0.3 is 0 Å². The summed E-state index contributed by atoms with van der Waals surface area (Å²) >= 11 is 0. The molecule has 0 saturated heterocycles. The molecule has 0 spiro atoms. The molecular weight excluding hydrogens is 530 g/mol. The van der Waals surface area contributed by atoms with Crippen molar-refractivity contribution in [2.24, 2.45) is 4.99 Å². The molecule has 0 bridgehead atoms. The Bertz CT molecular complexity index is 967. The standard InChI is InChI=1S/C22H31FN4O2S.HI/c1-5-24-22(27(4)15-18-9-8-12-21(23)13-18)25-14-19-10-6-7-11-20(19)16-30(28,29)26-17(2)3;/h6-13,17,26H,5,14-16H2,1-4H3,(H,24,25);1H. The van der Waals surface area contributed by atoms with Crippen LogP contribution in [0.5, 0.6) is 0 Å². The summed E-state index contributed by atoms with van der Waals surface area (Å²) < 4.78 is 40.8. The quantitative estimate of drug-likeness (QED) is 0.277. The lowest BCUT2D eigenvalue weighted by atomic mass is 10.1. The smallest absolute Gasteiger partial charge is 0.216 e. The fourth-order valence-electron chi connectivity index (χ4n) is 3.07. The Kier molecular flexibility index (Phi) is 11.4. The van der Waals surface area contributed by atoms with Gasteiger partial charge in [-0.05, 0) is 49.6 Å². The highest BCUT2D eigenvalue weighted by molar-refractivity contribution is 14.0. The first-order valence-corrected chi connectivity index (χ1v) is 11.7. The van der Waals surface area contributed by atoms with E-state index in [0.29, 0.717) is 25.6 Å². The number of hydrogen-bond donors (Lipinski definition) is 2. The Hall–Kier alpha value is -1.72. The number of halogens is 2. The van der Waals surface area contributed by atoms with E-state index < -0.39 is 10.0 Å². The minimum atomic E-state index is -3.43. The van der Waals surface area contributed by atoms with Crippen molar-refractivity contribution < 1.29 is 12.8 Å². The second-order valence-electron chi connectivity index (χ2n) is 7.46. The zero-order valence-electron chi connectivity index (χ0n) is 18.4. The van der Waals surface area contributed by atoms with Crippen LogP contribution in [0, 0.1) is 5.82 Å². The van der Waals surface area contributed by atoms with Gasteiger partial charge in [0.05, 0.1) is 12.3 Å². The average Bonchev–Trinajstić information content (AvgIpc) is 2.64. The number of sulfonamides is 1. The molecule has 172 valence electrons. The predicted octanol–water partition coefficient (Wildman–Crippen LogP) is 3.87. The maximum absolute atomic E-state index is 13.5. The van der Waals surface area contributed by atoms with E-state index >= 15 is 0 Å². The summed E-state index contributed by atoms with van der Waals surface area (Å²) in [6.07, 6.45) is 0. The molecule has 0 aliphatic carbocycles. The maximum atomic E-state index is 13.5. The second kappa shape index (κ2) is 13.0. The minimum Gasteiger partial charge on any atom is -0.357 e. The maximum Gasteiger partial charge on any atom is 0.216 e. The number of benzene rings is 2. The van der Waals surface area contributed by atoms with Crippen molar-refractivity contribution in [3.63, 3.8) is 0 Å². The minimum absolute atomic E-state index is 0. The molecule has 0 unspecified atom stereocenters.